The summed E-state index contributed by atoms with van der Waals surface area (Å²) < 4.78 is 12.2. The van der Waals surface area contributed by atoms with Gasteiger partial charge >= 0.3 is 0 Å². The Balaban J connectivity index is 1.41. The van der Waals surface area contributed by atoms with Crippen LogP contribution in [0, 0.1) is 6.92 Å². The number of carbonyl (C=O) groups excluding carboxylic acids is 1. The highest BCUT2D eigenvalue weighted by molar-refractivity contribution is 8.00. The van der Waals surface area contributed by atoms with Crippen molar-refractivity contribution in [2.75, 3.05) is 25.2 Å². The van der Waals surface area contributed by atoms with Gasteiger partial charge in [-0.25, -0.2) is 4.98 Å². The third-order valence-corrected chi connectivity index (χ3v) is 6.76. The smallest absolute Gasteiger partial charge is 0.264 e. The van der Waals surface area contributed by atoms with E-state index in [1.807, 2.05) is 36.6 Å². The number of amides is 1. The van der Waals surface area contributed by atoms with Crippen LogP contribution >= 0.6 is 23.1 Å². The normalized spacial score (nSPS) is 12.7. The van der Waals surface area contributed by atoms with Crippen LogP contribution in [0.5, 0.6) is 11.5 Å². The van der Waals surface area contributed by atoms with Gasteiger partial charge in [-0.15, -0.1) is 11.3 Å². The zero-order valence-corrected chi connectivity index (χ0v) is 17.9. The van der Waals surface area contributed by atoms with E-state index in [1.165, 1.54) is 5.56 Å². The van der Waals surface area contributed by atoms with Crippen molar-refractivity contribution in [1.29, 1.82) is 0 Å². The van der Waals surface area contributed by atoms with E-state index < -0.39 is 0 Å². The van der Waals surface area contributed by atoms with Gasteiger partial charge in [-0.05, 0) is 25.0 Å². The summed E-state index contributed by atoms with van der Waals surface area (Å²) in [5.41, 5.74) is 4.03. The second-order valence-electron chi connectivity index (χ2n) is 6.58. The number of aryl methyl sites for hydroxylation is 1. The summed E-state index contributed by atoms with van der Waals surface area (Å²) in [6.07, 6.45) is 2.51. The van der Waals surface area contributed by atoms with Crippen molar-refractivity contribution in [2.45, 2.75) is 23.4 Å². The number of thioether (sulfide) groups is 1. The van der Waals surface area contributed by atoms with Crippen LogP contribution in [-0.2, 0) is 17.0 Å². The van der Waals surface area contributed by atoms with Gasteiger partial charge in [0.05, 0.1) is 19.0 Å². The topological polar surface area (TPSA) is 64.6 Å². The van der Waals surface area contributed by atoms with Gasteiger partial charge in [0.25, 0.3) is 5.91 Å². The molecule has 8 heteroatoms. The summed E-state index contributed by atoms with van der Waals surface area (Å²) in [5, 5.41) is 2.03. The summed E-state index contributed by atoms with van der Waals surface area (Å²) in [4.78, 5) is 23.4. The maximum atomic E-state index is 12.7. The van der Waals surface area contributed by atoms with Crippen LogP contribution in [0.4, 0.5) is 5.69 Å². The largest absolute Gasteiger partial charge is 0.491 e. The molecule has 0 spiro atoms. The molecule has 1 aromatic carbocycles. The first-order chi connectivity index (χ1) is 14.1. The average Bonchev–Trinajstić information content (AvgIpc) is 3.36. The highest BCUT2D eigenvalue weighted by Gasteiger charge is 2.24. The molecule has 0 aliphatic carbocycles. The van der Waals surface area contributed by atoms with Crippen molar-refractivity contribution in [1.82, 2.24) is 9.97 Å². The van der Waals surface area contributed by atoms with Crippen LogP contribution in [0.15, 0.2) is 46.2 Å². The van der Waals surface area contributed by atoms with Crippen LogP contribution in [0.2, 0.25) is 0 Å². The van der Waals surface area contributed by atoms with Crippen LogP contribution < -0.4 is 14.4 Å². The first-order valence-electron chi connectivity index (χ1n) is 9.23. The molecule has 0 N–H and O–H groups in total. The van der Waals surface area contributed by atoms with E-state index in [2.05, 4.69) is 16.0 Å². The number of thiazole rings is 1. The van der Waals surface area contributed by atoms with Gasteiger partial charge < -0.3 is 14.4 Å². The molecule has 2 aromatic heterocycles. The van der Waals surface area contributed by atoms with E-state index in [9.17, 15) is 4.79 Å². The Morgan fingerprint density at radius 1 is 1.31 bits per heavy atom. The molecule has 1 aliphatic rings. The average molecular weight is 428 g/mol. The monoisotopic (exact) mass is 427 g/mol. The Bertz CT molecular complexity index is 1020. The molecule has 4 rings (SSSR count). The number of methoxy groups -OCH3 is 1. The number of rotatable bonds is 7. The van der Waals surface area contributed by atoms with Crippen LogP contribution in [0.25, 0.3) is 0 Å². The molecule has 3 heterocycles. The summed E-state index contributed by atoms with van der Waals surface area (Å²) in [6.45, 7) is 2.62. The maximum absolute atomic E-state index is 12.7. The number of fused-ring (bicyclic) bond motifs is 1. The molecular weight excluding hydrogens is 406 g/mol. The lowest BCUT2D eigenvalue weighted by molar-refractivity contribution is -0.120. The van der Waals surface area contributed by atoms with E-state index in [4.69, 9.17) is 9.47 Å². The SMILES string of the molecule is COc1cnc(CSc2nc(C)cs2)cc1OCC(=O)N1CCc2ccccc21. The molecule has 0 radical (unpaired) electrons. The molecule has 0 fully saturated rings. The number of hydrogen-bond donors (Lipinski definition) is 0. The first-order valence-corrected chi connectivity index (χ1v) is 11.1. The van der Waals surface area contributed by atoms with E-state index in [-0.39, 0.29) is 12.5 Å². The molecule has 0 unspecified atom stereocenters. The van der Waals surface area contributed by atoms with Gasteiger partial charge in [-0.3, -0.25) is 9.78 Å². The fraction of sp³-hybridized carbons (Fsp3) is 0.286. The molecule has 0 saturated heterocycles. The van der Waals surface area contributed by atoms with E-state index in [0.29, 0.717) is 23.8 Å². The van der Waals surface area contributed by atoms with E-state index >= 15 is 0 Å². The first kappa shape index (κ1) is 19.7. The quantitative estimate of drug-likeness (QED) is 0.529. The Kier molecular flexibility index (Phi) is 6.01. The zero-order valence-electron chi connectivity index (χ0n) is 16.3. The number of aromatic nitrogens is 2. The number of nitrogens with zero attached hydrogens (tertiary/aromatic N) is 3. The molecule has 0 atom stereocenters. The number of ether oxygens (including phenoxy) is 2. The molecule has 1 aliphatic heterocycles. The van der Waals surface area contributed by atoms with E-state index in [0.717, 1.165) is 27.8 Å². The number of carbonyl (C=O) groups is 1. The van der Waals surface area contributed by atoms with E-state index in [1.54, 1.807) is 41.3 Å². The lowest BCUT2D eigenvalue weighted by Gasteiger charge is -2.18. The molecule has 150 valence electrons. The van der Waals surface area contributed by atoms with Gasteiger partial charge in [0.2, 0.25) is 0 Å². The van der Waals surface area contributed by atoms with Gasteiger partial charge in [0, 0.05) is 35.1 Å². The van der Waals surface area contributed by atoms with Crippen LogP contribution in [0.1, 0.15) is 17.0 Å². The number of para-hydroxylation sites is 1. The van der Waals surface area contributed by atoms with Crippen molar-refractivity contribution in [2.24, 2.45) is 0 Å². The van der Waals surface area contributed by atoms with Crippen LogP contribution in [-0.4, -0.2) is 36.1 Å². The molecule has 0 saturated carbocycles. The van der Waals surface area contributed by atoms with Crippen LogP contribution in [0.3, 0.4) is 0 Å². The van der Waals surface area contributed by atoms with Gasteiger partial charge in [0.15, 0.2) is 18.1 Å². The van der Waals surface area contributed by atoms with Gasteiger partial charge in [-0.2, -0.15) is 0 Å². The maximum Gasteiger partial charge on any atom is 0.264 e. The summed E-state index contributed by atoms with van der Waals surface area (Å²) in [5.74, 6) is 1.64. The lowest BCUT2D eigenvalue weighted by Crippen LogP contribution is -2.33. The summed E-state index contributed by atoms with van der Waals surface area (Å²) in [7, 11) is 1.56. The number of hydrogen-bond acceptors (Lipinski definition) is 7. The Morgan fingerprint density at radius 3 is 2.97 bits per heavy atom. The number of pyridine rings is 1. The highest BCUT2D eigenvalue weighted by Crippen LogP contribution is 2.31. The summed E-state index contributed by atoms with van der Waals surface area (Å²) in [6, 6.07) is 9.81. The van der Waals surface area contributed by atoms with Crippen molar-refractivity contribution in [3.63, 3.8) is 0 Å². The Morgan fingerprint density at radius 2 is 2.17 bits per heavy atom. The predicted molar refractivity (Wildman–Crippen MR) is 115 cm³/mol. The van der Waals surface area contributed by atoms with Gasteiger partial charge in [0.1, 0.15) is 4.34 Å². The van der Waals surface area contributed by atoms with Crippen molar-refractivity contribution < 1.29 is 14.3 Å². The van der Waals surface area contributed by atoms with Gasteiger partial charge in [-0.1, -0.05) is 30.0 Å². The third-order valence-electron chi connectivity index (χ3n) is 4.59. The van der Waals surface area contributed by atoms with Crippen molar-refractivity contribution in [3.05, 3.63) is 58.9 Å². The lowest BCUT2D eigenvalue weighted by atomic mass is 10.2. The second kappa shape index (κ2) is 8.84. The second-order valence-corrected chi connectivity index (χ2v) is 8.66. The fourth-order valence-corrected chi connectivity index (χ4v) is 4.91. The minimum atomic E-state index is -0.0667. The fourth-order valence-electron chi connectivity index (χ4n) is 3.16. The molecule has 29 heavy (non-hydrogen) atoms. The third kappa shape index (κ3) is 4.54. The Labute approximate surface area is 177 Å². The predicted octanol–water partition coefficient (Wildman–Crippen LogP) is 4.12. The van der Waals surface area contributed by atoms with Crippen molar-refractivity contribution >= 4 is 34.7 Å². The summed E-state index contributed by atoms with van der Waals surface area (Å²) >= 11 is 3.25. The molecular formula is C21H21N3O3S2. The molecule has 3 aromatic rings. The minimum absolute atomic E-state index is 0.0486. The molecule has 1 amide bonds. The number of anilines is 1. The Hall–Kier alpha value is -2.58. The molecule has 6 nitrogen and oxygen atoms in total. The highest BCUT2D eigenvalue weighted by atomic mass is 32.2. The zero-order chi connectivity index (χ0) is 20.2. The minimum Gasteiger partial charge on any atom is -0.491 e. The standard InChI is InChI=1S/C21H21N3O3S2/c1-14-12-28-21(23-14)29-13-16-9-18(19(26-2)10-22-16)27-11-20(25)24-8-7-15-5-3-4-6-17(15)24/h3-6,9-10,12H,7-8,11,13H2,1-2H3. The number of benzene rings is 1. The van der Waals surface area contributed by atoms with Crippen molar-refractivity contribution in [3.8, 4) is 11.5 Å². The molecule has 0 bridgehead atoms.